The molecule has 12 nitrogen and oxygen atoms in total. The van der Waals surface area contributed by atoms with E-state index in [0.717, 1.165) is 48.5 Å². The van der Waals surface area contributed by atoms with E-state index in [1.165, 1.54) is 48.5 Å². The van der Waals surface area contributed by atoms with Gasteiger partial charge < -0.3 is 16.7 Å². The highest BCUT2D eigenvalue weighted by Crippen LogP contribution is 2.40. The number of hydrogen-bond acceptors (Lipinski definition) is 12. The zero-order valence-corrected chi connectivity index (χ0v) is 55.1. The molecule has 0 aliphatic rings. The van der Waals surface area contributed by atoms with Gasteiger partial charge in [-0.15, -0.1) is 0 Å². The number of alkyl halides is 6. The van der Waals surface area contributed by atoms with Crippen LogP contribution in [0.25, 0.3) is 0 Å². The van der Waals surface area contributed by atoms with Gasteiger partial charge in [-0.25, -0.2) is 87.8 Å². The average Bonchev–Trinajstić information content (AvgIpc) is 0.775. The molecule has 0 amide bonds. The first-order valence-electron chi connectivity index (χ1n) is 27.1. The van der Waals surface area contributed by atoms with Gasteiger partial charge in [0.25, 0.3) is 0 Å². The first kappa shape index (κ1) is 81.7. The molecular formula is C62H26F26O12S6+2. The molecule has 0 unspecified atom stereocenters. The van der Waals surface area contributed by atoms with Crippen molar-refractivity contribution < 1.29 is 165 Å². The van der Waals surface area contributed by atoms with Gasteiger partial charge in [-0.05, 0) is 121 Å². The maximum Gasteiger partial charge on any atom is 0.487 e. The van der Waals surface area contributed by atoms with Gasteiger partial charge in [-0.1, -0.05) is 36.4 Å². The first-order chi connectivity index (χ1) is 49.2. The molecule has 0 bridgehead atoms. The van der Waals surface area contributed by atoms with Crippen LogP contribution in [0.15, 0.2) is 207 Å². The predicted octanol–water partition coefficient (Wildman–Crippen LogP) is 17.5. The maximum absolute atomic E-state index is 14.1. The summed E-state index contributed by atoms with van der Waals surface area (Å²) in [5.41, 5.74) is 0. The molecule has 0 aliphatic heterocycles. The Hall–Kier alpha value is -9.92. The molecule has 10 aromatic carbocycles. The maximum atomic E-state index is 14.1. The van der Waals surface area contributed by atoms with Crippen molar-refractivity contribution in [1.29, 1.82) is 0 Å². The summed E-state index contributed by atoms with van der Waals surface area (Å²) < 4.78 is 457. The third-order valence-corrected chi connectivity index (χ3v) is 22.6. The second kappa shape index (κ2) is 31.3. The van der Waals surface area contributed by atoms with Crippen molar-refractivity contribution >= 4 is 62.3 Å². The summed E-state index contributed by atoms with van der Waals surface area (Å²) >= 11 is 0. The van der Waals surface area contributed by atoms with Gasteiger partial charge in [0.2, 0.25) is 23.3 Å². The van der Waals surface area contributed by atoms with Crippen molar-refractivity contribution in [2.24, 2.45) is 0 Å². The van der Waals surface area contributed by atoms with Gasteiger partial charge in [0.15, 0.2) is 142 Å². The van der Waals surface area contributed by atoms with Crippen molar-refractivity contribution in [3.05, 3.63) is 274 Å². The van der Waals surface area contributed by atoms with Crippen LogP contribution in [-0.2, 0) is 62.3 Å². The average molecular weight is 1650 g/mol. The Kier molecular flexibility index (Phi) is 24.1. The highest BCUT2D eigenvalue weighted by molar-refractivity contribution is 7.97. The fraction of sp³-hybridized carbons (Fsp3) is 0.0323. The van der Waals surface area contributed by atoms with E-state index in [0.29, 0.717) is 29.4 Å². The molecule has 10 rings (SSSR count). The Morgan fingerprint density at radius 2 is 0.330 bits per heavy atom. The normalized spacial score (nSPS) is 12.2. The van der Waals surface area contributed by atoms with E-state index >= 15 is 0 Å². The van der Waals surface area contributed by atoms with Gasteiger partial charge in [-0.3, -0.25) is 0 Å². The highest BCUT2D eigenvalue weighted by atomic mass is 32.2. The van der Waals surface area contributed by atoms with Crippen LogP contribution in [0.3, 0.4) is 0 Å². The van der Waals surface area contributed by atoms with Crippen LogP contribution in [0.4, 0.5) is 114 Å². The quantitative estimate of drug-likeness (QED) is 0.0262. The van der Waals surface area contributed by atoms with Crippen LogP contribution < -0.4 is 16.7 Å². The monoisotopic (exact) mass is 1650 g/mol. The fourth-order valence-electron chi connectivity index (χ4n) is 8.35. The molecule has 0 saturated heterocycles. The Bertz CT molecular complexity index is 4760. The molecule has 0 heterocycles. The van der Waals surface area contributed by atoms with Crippen LogP contribution in [0, 0.1) is 116 Å². The molecule has 0 saturated carbocycles. The van der Waals surface area contributed by atoms with E-state index in [-0.39, 0.29) is 0 Å². The highest BCUT2D eigenvalue weighted by Gasteiger charge is 2.59. The Labute approximate surface area is 582 Å². The lowest BCUT2D eigenvalue weighted by Gasteiger charge is -2.12. The van der Waals surface area contributed by atoms with Crippen LogP contribution in [0.5, 0.6) is 23.0 Å². The van der Waals surface area contributed by atoms with Gasteiger partial charge in [0.05, 0.1) is 21.8 Å². The molecule has 562 valence electrons. The smallest absolute Gasteiger partial charge is 0.379 e. The number of halogens is 26. The minimum absolute atomic E-state index is 0.398. The van der Waals surface area contributed by atoms with Gasteiger partial charge >= 0.3 is 52.8 Å². The molecule has 44 heteroatoms. The third-order valence-electron chi connectivity index (χ3n) is 13.0. The number of rotatable bonds is 18. The van der Waals surface area contributed by atoms with E-state index in [1.807, 2.05) is 0 Å². The van der Waals surface area contributed by atoms with Crippen molar-refractivity contribution in [2.75, 3.05) is 0 Å². The zero-order chi connectivity index (χ0) is 79.0. The molecule has 10 aromatic rings. The molecule has 0 aromatic heterocycles. The summed E-state index contributed by atoms with van der Waals surface area (Å²) in [6.07, 6.45) is -12.1. The summed E-state index contributed by atoms with van der Waals surface area (Å²) in [6.45, 7) is 0. The Morgan fingerprint density at radius 1 is 0.198 bits per heavy atom. The van der Waals surface area contributed by atoms with Crippen molar-refractivity contribution in [3.8, 4) is 23.0 Å². The van der Waals surface area contributed by atoms with Crippen LogP contribution in [0.2, 0.25) is 0 Å². The van der Waals surface area contributed by atoms with Crippen molar-refractivity contribution in [3.63, 3.8) is 0 Å². The van der Waals surface area contributed by atoms with E-state index in [9.17, 15) is 148 Å². The molecule has 0 N–H and O–H groups in total. The topological polar surface area (TPSA) is 173 Å². The summed E-state index contributed by atoms with van der Waals surface area (Å²) in [5.74, 6) is -53.8. The first-order valence-corrected chi connectivity index (χ1v) is 35.2. The standard InChI is InChI=1S/2C30H13F10O6S3.C2F6/c2*31-19-21(33)25(37)29(26(38)22(19)34)48(41,42)45-14-6-10-17(11-7-14)47(16-4-2-1-3-5-16)18-12-8-15(9-13-18)46-49(43,44)30-27(39)23(35)20(32)24(36)28(30)40;3-1(4,5)2(6,7)8/h2*1-13H;/q2*+1;. The molecule has 0 fully saturated rings. The van der Waals surface area contributed by atoms with Crippen LogP contribution in [-0.4, -0.2) is 46.0 Å². The number of benzene rings is 10. The van der Waals surface area contributed by atoms with Gasteiger partial charge in [-0.2, -0.15) is 60.0 Å². The SMILES string of the molecule is FC(F)(F)C(F)(F)F.O=S(=O)(Oc1ccc([S+](c2ccccc2)c2ccc(OS(=O)(=O)c3c(F)c(F)c(F)c(F)c3F)cc2)cc1)c1c(F)c(F)c(F)c(F)c1F.O=S(=O)(Oc1ccc([S+](c2ccccc2)c2ccc(OS(=O)(=O)c3c(F)c(F)c(F)c(F)c3F)cc2)cc1)c1c(F)c(F)c(F)c(F)c1F. The summed E-state index contributed by atoms with van der Waals surface area (Å²) in [4.78, 5) is -6.03. The summed E-state index contributed by atoms with van der Waals surface area (Å²) in [6, 6.07) is 35.0. The lowest BCUT2D eigenvalue weighted by molar-refractivity contribution is -0.339. The lowest BCUT2D eigenvalue weighted by atomic mass is 10.3. The molecular weight excluding hydrogens is 1620 g/mol. The van der Waals surface area contributed by atoms with E-state index in [4.69, 9.17) is 0 Å². The van der Waals surface area contributed by atoms with Gasteiger partial charge in [0, 0.05) is 0 Å². The van der Waals surface area contributed by atoms with E-state index < -0.39 is 234 Å². The van der Waals surface area contributed by atoms with E-state index in [1.54, 1.807) is 60.7 Å². The minimum atomic E-state index is -6.06. The van der Waals surface area contributed by atoms with Crippen molar-refractivity contribution in [1.82, 2.24) is 0 Å². The van der Waals surface area contributed by atoms with E-state index in [2.05, 4.69) is 16.7 Å². The second-order valence-corrected chi connectivity index (χ2v) is 29.9. The Morgan fingerprint density at radius 3 is 0.472 bits per heavy atom. The minimum Gasteiger partial charge on any atom is -0.379 e. The summed E-state index contributed by atoms with van der Waals surface area (Å²) in [5, 5.41) is 0. The molecule has 0 radical (unpaired) electrons. The van der Waals surface area contributed by atoms with Crippen molar-refractivity contribution in [2.45, 2.75) is 61.3 Å². The molecule has 0 spiro atoms. The largest absolute Gasteiger partial charge is 0.487 e. The zero-order valence-electron chi connectivity index (χ0n) is 50.2. The fourth-order valence-corrected chi connectivity index (χ4v) is 16.7. The van der Waals surface area contributed by atoms with Gasteiger partial charge in [0.1, 0.15) is 23.0 Å². The van der Waals surface area contributed by atoms with Crippen LogP contribution in [0.1, 0.15) is 0 Å². The second-order valence-electron chi connectivity index (χ2n) is 19.9. The Balaban J connectivity index is 0.000000242. The molecule has 106 heavy (non-hydrogen) atoms. The molecule has 0 aliphatic carbocycles. The third kappa shape index (κ3) is 17.0. The number of hydrogen-bond donors (Lipinski definition) is 0. The molecule has 0 atom stereocenters. The summed E-state index contributed by atoms with van der Waals surface area (Å²) in [7, 11) is -24.6. The lowest BCUT2D eigenvalue weighted by Crippen LogP contribution is -2.30. The van der Waals surface area contributed by atoms with Crippen LogP contribution >= 0.6 is 0 Å². The predicted molar refractivity (Wildman–Crippen MR) is 311 cm³/mol.